The van der Waals surface area contributed by atoms with E-state index >= 15 is 0 Å². The SMILES string of the molecule is O=C(c1cnn2c(-c3ccccc3F)ccnc12)N1CCN(c2ccccc2F)CC1. The molecular formula is C23H19F2N5O. The average molecular weight is 419 g/mol. The summed E-state index contributed by atoms with van der Waals surface area (Å²) in [6.45, 7) is 1.97. The Hall–Kier alpha value is -3.81. The van der Waals surface area contributed by atoms with Gasteiger partial charge in [0.05, 0.1) is 17.6 Å². The lowest BCUT2D eigenvalue weighted by Gasteiger charge is -2.36. The predicted octanol–water partition coefficient (Wildman–Crippen LogP) is 3.64. The zero-order valence-corrected chi connectivity index (χ0v) is 16.6. The molecule has 2 aromatic heterocycles. The van der Waals surface area contributed by atoms with E-state index in [1.807, 2.05) is 4.90 Å². The summed E-state index contributed by atoms with van der Waals surface area (Å²) in [6, 6.07) is 14.7. The molecule has 0 spiro atoms. The summed E-state index contributed by atoms with van der Waals surface area (Å²) in [5.41, 5.74) is 2.18. The first-order valence-corrected chi connectivity index (χ1v) is 10.00. The molecule has 1 amide bonds. The van der Waals surface area contributed by atoms with Gasteiger partial charge in [0.1, 0.15) is 17.2 Å². The number of para-hydroxylation sites is 1. The van der Waals surface area contributed by atoms with Crippen LogP contribution in [-0.4, -0.2) is 51.6 Å². The summed E-state index contributed by atoms with van der Waals surface area (Å²) in [6.07, 6.45) is 3.02. The molecule has 1 fully saturated rings. The van der Waals surface area contributed by atoms with Gasteiger partial charge in [-0.15, -0.1) is 0 Å². The van der Waals surface area contributed by atoms with Gasteiger partial charge in [-0.25, -0.2) is 18.3 Å². The number of carbonyl (C=O) groups is 1. The van der Waals surface area contributed by atoms with Crippen molar-refractivity contribution in [1.82, 2.24) is 19.5 Å². The number of rotatable bonds is 3. The van der Waals surface area contributed by atoms with Crippen molar-refractivity contribution >= 4 is 17.2 Å². The minimum Gasteiger partial charge on any atom is -0.366 e. The number of piperazine rings is 1. The smallest absolute Gasteiger partial charge is 0.259 e. The van der Waals surface area contributed by atoms with E-state index in [9.17, 15) is 13.6 Å². The Labute approximate surface area is 177 Å². The summed E-state index contributed by atoms with van der Waals surface area (Å²) in [5.74, 6) is -0.834. The Bertz CT molecular complexity index is 1260. The number of hydrogen-bond donors (Lipinski definition) is 0. The van der Waals surface area contributed by atoms with Crippen molar-refractivity contribution in [3.8, 4) is 11.3 Å². The molecule has 156 valence electrons. The molecule has 8 heteroatoms. The fourth-order valence-electron chi connectivity index (χ4n) is 3.94. The molecule has 5 rings (SSSR count). The van der Waals surface area contributed by atoms with Crippen LogP contribution in [0.2, 0.25) is 0 Å². The number of hydrogen-bond acceptors (Lipinski definition) is 4. The molecule has 0 saturated carbocycles. The fourth-order valence-corrected chi connectivity index (χ4v) is 3.94. The van der Waals surface area contributed by atoms with E-state index in [1.54, 1.807) is 53.6 Å². The Kier molecular flexibility index (Phi) is 4.82. The third-order valence-electron chi connectivity index (χ3n) is 5.54. The Morgan fingerprint density at radius 1 is 0.871 bits per heavy atom. The van der Waals surface area contributed by atoms with Crippen LogP contribution in [0.3, 0.4) is 0 Å². The lowest BCUT2D eigenvalue weighted by atomic mass is 10.1. The molecule has 31 heavy (non-hydrogen) atoms. The zero-order valence-electron chi connectivity index (χ0n) is 16.6. The second-order valence-corrected chi connectivity index (χ2v) is 7.33. The molecule has 0 radical (unpaired) electrons. The topological polar surface area (TPSA) is 53.7 Å². The van der Waals surface area contributed by atoms with Crippen LogP contribution < -0.4 is 4.90 Å². The van der Waals surface area contributed by atoms with Crippen molar-refractivity contribution in [2.24, 2.45) is 0 Å². The molecule has 3 heterocycles. The highest BCUT2D eigenvalue weighted by Gasteiger charge is 2.26. The van der Waals surface area contributed by atoms with Crippen molar-refractivity contribution in [2.75, 3.05) is 31.1 Å². The minimum absolute atomic E-state index is 0.193. The van der Waals surface area contributed by atoms with Gasteiger partial charge in [-0.3, -0.25) is 4.79 Å². The highest BCUT2D eigenvalue weighted by Crippen LogP contribution is 2.25. The van der Waals surface area contributed by atoms with Crippen LogP contribution in [0.4, 0.5) is 14.5 Å². The maximum absolute atomic E-state index is 14.3. The van der Waals surface area contributed by atoms with E-state index in [4.69, 9.17) is 0 Å². The number of halogens is 2. The summed E-state index contributed by atoms with van der Waals surface area (Å²) >= 11 is 0. The fraction of sp³-hybridized carbons (Fsp3) is 0.174. The van der Waals surface area contributed by atoms with E-state index in [-0.39, 0.29) is 17.5 Å². The number of amides is 1. The van der Waals surface area contributed by atoms with Crippen LogP contribution >= 0.6 is 0 Å². The second-order valence-electron chi connectivity index (χ2n) is 7.33. The van der Waals surface area contributed by atoms with E-state index in [1.165, 1.54) is 22.8 Å². The summed E-state index contributed by atoms with van der Waals surface area (Å²) in [7, 11) is 0. The number of fused-ring (bicyclic) bond motifs is 1. The quantitative estimate of drug-likeness (QED) is 0.509. The normalized spacial score (nSPS) is 14.3. The molecule has 1 aliphatic rings. The zero-order chi connectivity index (χ0) is 21.4. The van der Waals surface area contributed by atoms with E-state index in [0.717, 1.165) is 0 Å². The second kappa shape index (κ2) is 7.79. The molecule has 6 nitrogen and oxygen atoms in total. The van der Waals surface area contributed by atoms with Crippen LogP contribution in [0.15, 0.2) is 67.0 Å². The first-order chi connectivity index (χ1) is 15.1. The first-order valence-electron chi connectivity index (χ1n) is 10.00. The summed E-state index contributed by atoms with van der Waals surface area (Å²) in [4.78, 5) is 21.1. The molecule has 1 saturated heterocycles. The highest BCUT2D eigenvalue weighted by atomic mass is 19.1. The van der Waals surface area contributed by atoms with Crippen LogP contribution in [-0.2, 0) is 0 Å². The average Bonchev–Trinajstić information content (AvgIpc) is 3.24. The number of anilines is 1. The van der Waals surface area contributed by atoms with Crippen LogP contribution in [0.25, 0.3) is 16.9 Å². The molecule has 2 aromatic carbocycles. The van der Waals surface area contributed by atoms with Crippen molar-refractivity contribution in [2.45, 2.75) is 0 Å². The van der Waals surface area contributed by atoms with Crippen molar-refractivity contribution in [3.63, 3.8) is 0 Å². The third kappa shape index (κ3) is 3.39. The van der Waals surface area contributed by atoms with Gasteiger partial charge in [0.15, 0.2) is 5.65 Å². The van der Waals surface area contributed by atoms with Gasteiger partial charge >= 0.3 is 0 Å². The maximum Gasteiger partial charge on any atom is 0.259 e. The van der Waals surface area contributed by atoms with Crippen LogP contribution in [0.5, 0.6) is 0 Å². The summed E-state index contributed by atoms with van der Waals surface area (Å²) < 4.78 is 29.8. The van der Waals surface area contributed by atoms with Gasteiger partial charge in [-0.05, 0) is 30.3 Å². The molecule has 0 bridgehead atoms. The van der Waals surface area contributed by atoms with Crippen molar-refractivity contribution in [3.05, 3.63) is 84.2 Å². The molecule has 0 aliphatic carbocycles. The first kappa shape index (κ1) is 19.2. The number of aromatic nitrogens is 3. The van der Waals surface area contributed by atoms with Crippen LogP contribution in [0, 0.1) is 11.6 Å². The molecule has 0 unspecified atom stereocenters. The molecule has 0 atom stereocenters. The largest absolute Gasteiger partial charge is 0.366 e. The highest BCUT2D eigenvalue weighted by molar-refractivity contribution is 6.00. The maximum atomic E-state index is 14.3. The van der Waals surface area contributed by atoms with Gasteiger partial charge in [0.25, 0.3) is 5.91 Å². The van der Waals surface area contributed by atoms with Gasteiger partial charge in [-0.2, -0.15) is 5.10 Å². The Morgan fingerprint density at radius 2 is 1.58 bits per heavy atom. The van der Waals surface area contributed by atoms with Gasteiger partial charge < -0.3 is 9.80 Å². The molecule has 4 aromatic rings. The molecular weight excluding hydrogens is 400 g/mol. The lowest BCUT2D eigenvalue weighted by molar-refractivity contribution is 0.0748. The predicted molar refractivity (Wildman–Crippen MR) is 113 cm³/mol. The van der Waals surface area contributed by atoms with Crippen molar-refractivity contribution < 1.29 is 13.6 Å². The molecule has 1 aliphatic heterocycles. The van der Waals surface area contributed by atoms with Crippen molar-refractivity contribution in [1.29, 1.82) is 0 Å². The van der Waals surface area contributed by atoms with E-state index in [0.29, 0.717) is 54.3 Å². The Morgan fingerprint density at radius 3 is 2.32 bits per heavy atom. The standard InChI is InChI=1S/C23H19F2N5O/c24-18-6-2-1-5-16(18)20-9-10-26-22-17(15-27-30(20)22)23(31)29-13-11-28(12-14-29)21-8-4-3-7-19(21)25/h1-10,15H,11-14H2. The van der Waals surface area contributed by atoms with E-state index in [2.05, 4.69) is 10.1 Å². The van der Waals surface area contributed by atoms with E-state index < -0.39 is 0 Å². The van der Waals surface area contributed by atoms with Gasteiger partial charge in [0, 0.05) is 37.9 Å². The van der Waals surface area contributed by atoms with Crippen LogP contribution in [0.1, 0.15) is 10.4 Å². The molecule has 0 N–H and O–H groups in total. The number of benzene rings is 2. The lowest BCUT2D eigenvalue weighted by Crippen LogP contribution is -2.49. The monoisotopic (exact) mass is 419 g/mol. The van der Waals surface area contributed by atoms with Gasteiger partial charge in [-0.1, -0.05) is 24.3 Å². The van der Waals surface area contributed by atoms with Gasteiger partial charge in [0.2, 0.25) is 0 Å². The number of nitrogens with zero attached hydrogens (tertiary/aromatic N) is 5. The number of carbonyl (C=O) groups excluding carboxylic acids is 1. The minimum atomic E-state index is -0.373. The third-order valence-corrected chi connectivity index (χ3v) is 5.54. The Balaban J connectivity index is 1.40. The summed E-state index contributed by atoms with van der Waals surface area (Å²) in [5, 5.41) is 4.31.